The average molecular weight is 357 g/mol. The third-order valence-electron chi connectivity index (χ3n) is 3.77. The molecule has 25 heavy (non-hydrogen) atoms. The van der Waals surface area contributed by atoms with E-state index in [0.717, 1.165) is 27.9 Å². The van der Waals surface area contributed by atoms with Crippen molar-refractivity contribution >= 4 is 34.3 Å². The average Bonchev–Trinajstić information content (AvgIpc) is 2.85. The van der Waals surface area contributed by atoms with Gasteiger partial charge in [-0.15, -0.1) is 0 Å². The van der Waals surface area contributed by atoms with Crippen LogP contribution in [0.1, 0.15) is 11.1 Å². The van der Waals surface area contributed by atoms with E-state index in [4.69, 9.17) is 0 Å². The number of nitro groups is 1. The highest BCUT2D eigenvalue weighted by Crippen LogP contribution is 2.29. The lowest BCUT2D eigenvalue weighted by Gasteiger charge is -2.15. The second-order valence-corrected chi connectivity index (χ2v) is 6.68. The third-order valence-corrected chi connectivity index (χ3v) is 4.74. The number of hydrogen-bond acceptors (Lipinski definition) is 6. The zero-order valence-electron chi connectivity index (χ0n) is 13.3. The van der Waals surface area contributed by atoms with Crippen molar-refractivity contribution in [1.29, 1.82) is 0 Å². The van der Waals surface area contributed by atoms with Crippen LogP contribution in [0.3, 0.4) is 0 Å². The summed E-state index contributed by atoms with van der Waals surface area (Å²) in [4.78, 5) is 36.0. The Hall–Kier alpha value is -2.87. The summed E-state index contributed by atoms with van der Waals surface area (Å²) in [5.41, 5.74) is 2.49. The number of aryl methyl sites for hydroxylation is 1. The summed E-state index contributed by atoms with van der Waals surface area (Å²) in [6.07, 6.45) is 0. The van der Waals surface area contributed by atoms with Gasteiger partial charge in [-0.3, -0.25) is 24.6 Å². The Bertz CT molecular complexity index is 821. The summed E-state index contributed by atoms with van der Waals surface area (Å²) >= 11 is 0.926. The second-order valence-electron chi connectivity index (χ2n) is 5.62. The zero-order chi connectivity index (χ0) is 18.0. The number of nitro benzene ring substituents is 1. The Morgan fingerprint density at radius 2 is 1.76 bits per heavy atom. The molecule has 1 aliphatic heterocycles. The van der Waals surface area contributed by atoms with Gasteiger partial charge in [0.15, 0.2) is 5.37 Å². The normalized spacial score (nSPS) is 17.0. The smallest absolute Gasteiger partial charge is 0.291 e. The van der Waals surface area contributed by atoms with E-state index in [0.29, 0.717) is 5.56 Å². The van der Waals surface area contributed by atoms with Crippen molar-refractivity contribution in [3.05, 3.63) is 69.8 Å². The first kappa shape index (κ1) is 17.0. The van der Waals surface area contributed by atoms with Gasteiger partial charge < -0.3 is 5.32 Å². The van der Waals surface area contributed by atoms with Crippen LogP contribution < -0.4 is 5.32 Å². The van der Waals surface area contributed by atoms with E-state index in [1.54, 1.807) is 12.1 Å². The maximum absolute atomic E-state index is 12.5. The van der Waals surface area contributed by atoms with E-state index in [1.165, 1.54) is 12.1 Å². The molecule has 2 aromatic rings. The minimum absolute atomic E-state index is 0.0314. The molecule has 0 aromatic heterocycles. The number of nitrogens with zero attached hydrogens (tertiary/aromatic N) is 2. The van der Waals surface area contributed by atoms with Crippen LogP contribution in [0.15, 0.2) is 48.5 Å². The van der Waals surface area contributed by atoms with Gasteiger partial charge in [0, 0.05) is 17.8 Å². The number of nitrogens with one attached hydrogen (secondary N) is 1. The highest BCUT2D eigenvalue weighted by Gasteiger charge is 2.39. The van der Waals surface area contributed by atoms with Crippen LogP contribution in [0.4, 0.5) is 16.2 Å². The van der Waals surface area contributed by atoms with Crippen molar-refractivity contribution in [3.8, 4) is 0 Å². The minimum atomic E-state index is -0.673. The highest BCUT2D eigenvalue weighted by atomic mass is 32.2. The third kappa shape index (κ3) is 3.80. The summed E-state index contributed by atoms with van der Waals surface area (Å²) in [7, 11) is 0. The van der Waals surface area contributed by atoms with Crippen LogP contribution in [-0.2, 0) is 11.3 Å². The number of rotatable bonds is 5. The van der Waals surface area contributed by atoms with E-state index in [1.807, 2.05) is 31.2 Å². The second kappa shape index (κ2) is 6.94. The quantitative estimate of drug-likeness (QED) is 0.650. The van der Waals surface area contributed by atoms with Gasteiger partial charge in [0.05, 0.1) is 11.5 Å². The molecule has 128 valence electrons. The molecule has 1 atom stereocenters. The lowest BCUT2D eigenvalue weighted by molar-refractivity contribution is -0.384. The highest BCUT2D eigenvalue weighted by molar-refractivity contribution is 8.15. The molecule has 0 saturated carbocycles. The Morgan fingerprint density at radius 1 is 1.12 bits per heavy atom. The number of carbonyl (C=O) groups is 2. The van der Waals surface area contributed by atoms with Gasteiger partial charge in [0.25, 0.3) is 16.8 Å². The van der Waals surface area contributed by atoms with Crippen molar-refractivity contribution < 1.29 is 14.5 Å². The molecule has 3 rings (SSSR count). The first-order valence-electron chi connectivity index (χ1n) is 7.52. The fourth-order valence-corrected chi connectivity index (χ4v) is 3.29. The molecule has 1 N–H and O–H groups in total. The predicted molar refractivity (Wildman–Crippen MR) is 95.2 cm³/mol. The molecular weight excluding hydrogens is 342 g/mol. The maximum atomic E-state index is 12.5. The van der Waals surface area contributed by atoms with Gasteiger partial charge in [-0.05, 0) is 36.4 Å². The molecule has 0 radical (unpaired) electrons. The largest absolute Gasteiger partial charge is 0.365 e. The monoisotopic (exact) mass is 357 g/mol. The molecule has 0 spiro atoms. The Balaban J connectivity index is 1.68. The Labute approximate surface area is 148 Å². The standard InChI is InChI=1S/C17H15N3O4S/c1-11-2-6-13(7-3-11)18-15-16(21)19(17(22)25-15)10-12-4-8-14(9-5-12)20(23)24/h2-9,15,18H,10H2,1H3. The van der Waals surface area contributed by atoms with Gasteiger partial charge >= 0.3 is 0 Å². The first-order chi connectivity index (χ1) is 11.9. The van der Waals surface area contributed by atoms with Gasteiger partial charge in [0.1, 0.15) is 0 Å². The Kier molecular flexibility index (Phi) is 4.71. The molecular formula is C17H15N3O4S. The van der Waals surface area contributed by atoms with Crippen LogP contribution in [0.25, 0.3) is 0 Å². The van der Waals surface area contributed by atoms with Crippen LogP contribution in [0, 0.1) is 17.0 Å². The summed E-state index contributed by atoms with van der Waals surface area (Å²) in [6, 6.07) is 13.4. The van der Waals surface area contributed by atoms with Crippen LogP contribution >= 0.6 is 11.8 Å². The fourth-order valence-electron chi connectivity index (χ4n) is 2.39. The summed E-state index contributed by atoms with van der Waals surface area (Å²) in [5, 5.41) is 12.7. The molecule has 2 amide bonds. The zero-order valence-corrected chi connectivity index (χ0v) is 14.2. The topological polar surface area (TPSA) is 92.6 Å². The number of hydrogen-bond donors (Lipinski definition) is 1. The number of imide groups is 1. The molecule has 0 bridgehead atoms. The SMILES string of the molecule is Cc1ccc(NC2SC(=O)N(Cc3ccc([N+](=O)[O-])cc3)C2=O)cc1. The summed E-state index contributed by atoms with van der Waals surface area (Å²) < 4.78 is 0. The molecule has 1 heterocycles. The van der Waals surface area contributed by atoms with E-state index in [9.17, 15) is 19.7 Å². The number of amides is 2. The molecule has 1 unspecified atom stereocenters. The van der Waals surface area contributed by atoms with E-state index >= 15 is 0 Å². The number of anilines is 1. The maximum Gasteiger partial charge on any atom is 0.291 e. The van der Waals surface area contributed by atoms with E-state index in [-0.39, 0.29) is 23.4 Å². The molecule has 0 aliphatic carbocycles. The van der Waals surface area contributed by atoms with E-state index in [2.05, 4.69) is 5.32 Å². The van der Waals surface area contributed by atoms with Crippen molar-refractivity contribution in [2.45, 2.75) is 18.8 Å². The van der Waals surface area contributed by atoms with Gasteiger partial charge in [-0.1, -0.05) is 29.8 Å². The first-order valence-corrected chi connectivity index (χ1v) is 8.40. The van der Waals surface area contributed by atoms with Crippen molar-refractivity contribution in [1.82, 2.24) is 4.90 Å². The number of carbonyl (C=O) groups excluding carboxylic acids is 2. The number of thioether (sulfide) groups is 1. The van der Waals surface area contributed by atoms with Gasteiger partial charge in [-0.2, -0.15) is 0 Å². The molecule has 7 nitrogen and oxygen atoms in total. The molecule has 2 aromatic carbocycles. The number of benzene rings is 2. The molecule has 1 aliphatic rings. The van der Waals surface area contributed by atoms with Gasteiger partial charge in [0.2, 0.25) is 0 Å². The van der Waals surface area contributed by atoms with Crippen LogP contribution in [0.5, 0.6) is 0 Å². The Morgan fingerprint density at radius 3 is 2.36 bits per heavy atom. The van der Waals surface area contributed by atoms with E-state index < -0.39 is 10.3 Å². The summed E-state index contributed by atoms with van der Waals surface area (Å²) in [5.74, 6) is -0.325. The lowest BCUT2D eigenvalue weighted by Crippen LogP contribution is -2.33. The molecule has 1 fully saturated rings. The predicted octanol–water partition coefficient (Wildman–Crippen LogP) is 3.54. The van der Waals surface area contributed by atoms with Crippen molar-refractivity contribution in [3.63, 3.8) is 0 Å². The molecule has 8 heteroatoms. The summed E-state index contributed by atoms with van der Waals surface area (Å²) in [6.45, 7) is 2.06. The van der Waals surface area contributed by atoms with Crippen molar-refractivity contribution in [2.75, 3.05) is 5.32 Å². The van der Waals surface area contributed by atoms with Crippen LogP contribution in [0.2, 0.25) is 0 Å². The lowest BCUT2D eigenvalue weighted by atomic mass is 10.2. The number of non-ortho nitro benzene ring substituents is 1. The van der Waals surface area contributed by atoms with Crippen LogP contribution in [-0.4, -0.2) is 26.3 Å². The molecule has 1 saturated heterocycles. The minimum Gasteiger partial charge on any atom is -0.365 e. The van der Waals surface area contributed by atoms with Gasteiger partial charge in [-0.25, -0.2) is 0 Å². The van der Waals surface area contributed by atoms with Crippen molar-refractivity contribution in [2.24, 2.45) is 0 Å². The fraction of sp³-hybridized carbons (Fsp3) is 0.176.